The molecule has 0 atom stereocenters. The number of methoxy groups -OCH3 is 1. The standard InChI is InChI=1S/C22H20N4O3/c1-28-22(27)15-6-7-18-19(13-15)24-20(23-18)16-12-14-4-2-3-5-17(14)25-21(16)26-8-10-29-11-9-26/h2-7,12-13H,8-11H2,1H3,(H,23,24). The second-order valence-electron chi connectivity index (χ2n) is 6.96. The molecule has 0 saturated carbocycles. The summed E-state index contributed by atoms with van der Waals surface area (Å²) in [6, 6.07) is 15.5. The Kier molecular flexibility index (Phi) is 4.37. The van der Waals surface area contributed by atoms with Gasteiger partial charge < -0.3 is 19.4 Å². The molecule has 1 N–H and O–H groups in total. The molecule has 1 aliphatic heterocycles. The van der Waals surface area contributed by atoms with E-state index in [0.29, 0.717) is 18.8 Å². The van der Waals surface area contributed by atoms with Crippen LogP contribution in [-0.4, -0.2) is 54.3 Å². The molecule has 2 aromatic heterocycles. The molecule has 0 spiro atoms. The van der Waals surface area contributed by atoms with E-state index in [-0.39, 0.29) is 5.97 Å². The third kappa shape index (κ3) is 3.19. The first-order chi connectivity index (χ1) is 14.2. The number of morpholine rings is 1. The summed E-state index contributed by atoms with van der Waals surface area (Å²) >= 11 is 0. The van der Waals surface area contributed by atoms with Gasteiger partial charge in [0.05, 0.1) is 48.0 Å². The minimum absolute atomic E-state index is 0.371. The molecular formula is C22H20N4O3. The van der Waals surface area contributed by atoms with Crippen LogP contribution in [-0.2, 0) is 9.47 Å². The maximum atomic E-state index is 11.9. The number of hydrogen-bond acceptors (Lipinski definition) is 6. The summed E-state index contributed by atoms with van der Waals surface area (Å²) in [5, 5.41) is 1.05. The number of benzene rings is 2. The van der Waals surface area contributed by atoms with Gasteiger partial charge in [-0.1, -0.05) is 18.2 Å². The van der Waals surface area contributed by atoms with Crippen LogP contribution in [0.4, 0.5) is 5.82 Å². The highest BCUT2D eigenvalue weighted by atomic mass is 16.5. The van der Waals surface area contributed by atoms with Crippen LogP contribution in [0.15, 0.2) is 48.5 Å². The Hall–Kier alpha value is -3.45. The number of hydrogen-bond donors (Lipinski definition) is 1. The molecule has 4 aromatic rings. The van der Waals surface area contributed by atoms with Crippen LogP contribution in [0, 0.1) is 0 Å². The number of para-hydroxylation sites is 1. The van der Waals surface area contributed by atoms with Crippen molar-refractivity contribution in [1.29, 1.82) is 0 Å². The van der Waals surface area contributed by atoms with Crippen molar-refractivity contribution in [2.24, 2.45) is 0 Å². The number of imidazole rings is 1. The summed E-state index contributed by atoms with van der Waals surface area (Å²) in [6.07, 6.45) is 0. The van der Waals surface area contributed by atoms with Crippen molar-refractivity contribution in [3.8, 4) is 11.4 Å². The monoisotopic (exact) mass is 388 g/mol. The second kappa shape index (κ2) is 7.18. The first kappa shape index (κ1) is 17.6. The van der Waals surface area contributed by atoms with Crippen LogP contribution in [0.25, 0.3) is 33.3 Å². The Morgan fingerprint density at radius 2 is 1.90 bits per heavy atom. The molecule has 7 heteroatoms. The summed E-state index contributed by atoms with van der Waals surface area (Å²) in [7, 11) is 1.38. The molecule has 0 aliphatic carbocycles. The molecule has 29 heavy (non-hydrogen) atoms. The molecule has 5 rings (SSSR count). The number of nitrogens with one attached hydrogen (secondary N) is 1. The fourth-order valence-corrected chi connectivity index (χ4v) is 3.68. The zero-order chi connectivity index (χ0) is 19.8. The summed E-state index contributed by atoms with van der Waals surface area (Å²) < 4.78 is 10.3. The van der Waals surface area contributed by atoms with Gasteiger partial charge in [-0.05, 0) is 30.3 Å². The van der Waals surface area contributed by atoms with E-state index in [2.05, 4.69) is 16.0 Å². The number of aromatic amines is 1. The van der Waals surface area contributed by atoms with Gasteiger partial charge in [-0.15, -0.1) is 0 Å². The number of esters is 1. The lowest BCUT2D eigenvalue weighted by Crippen LogP contribution is -2.37. The Bertz CT molecular complexity index is 1210. The van der Waals surface area contributed by atoms with Gasteiger partial charge in [0.25, 0.3) is 0 Å². The maximum Gasteiger partial charge on any atom is 0.337 e. The normalized spacial score (nSPS) is 14.4. The van der Waals surface area contributed by atoms with Gasteiger partial charge >= 0.3 is 5.97 Å². The van der Waals surface area contributed by atoms with E-state index < -0.39 is 0 Å². The van der Waals surface area contributed by atoms with E-state index in [1.807, 2.05) is 30.3 Å². The molecule has 146 valence electrons. The number of rotatable bonds is 3. The van der Waals surface area contributed by atoms with Gasteiger partial charge in [-0.25, -0.2) is 14.8 Å². The van der Waals surface area contributed by atoms with Crippen molar-refractivity contribution < 1.29 is 14.3 Å². The van der Waals surface area contributed by atoms with E-state index in [4.69, 9.17) is 19.4 Å². The number of H-pyrrole nitrogens is 1. The van der Waals surface area contributed by atoms with Crippen LogP contribution in [0.2, 0.25) is 0 Å². The van der Waals surface area contributed by atoms with Crippen LogP contribution >= 0.6 is 0 Å². The van der Waals surface area contributed by atoms with Crippen LogP contribution in [0.1, 0.15) is 10.4 Å². The minimum Gasteiger partial charge on any atom is -0.465 e. The highest BCUT2D eigenvalue weighted by molar-refractivity contribution is 5.95. The van der Waals surface area contributed by atoms with Crippen molar-refractivity contribution >= 4 is 33.7 Å². The lowest BCUT2D eigenvalue weighted by Gasteiger charge is -2.29. The first-order valence-corrected chi connectivity index (χ1v) is 9.54. The molecule has 1 saturated heterocycles. The molecule has 0 bridgehead atoms. The summed E-state index contributed by atoms with van der Waals surface area (Å²) in [5.74, 6) is 1.24. The van der Waals surface area contributed by atoms with E-state index in [0.717, 1.165) is 52.2 Å². The summed E-state index contributed by atoms with van der Waals surface area (Å²) in [6.45, 7) is 2.92. The van der Waals surface area contributed by atoms with Gasteiger partial charge in [0.15, 0.2) is 0 Å². The third-order valence-electron chi connectivity index (χ3n) is 5.17. The lowest BCUT2D eigenvalue weighted by molar-refractivity contribution is 0.0601. The molecular weight excluding hydrogens is 368 g/mol. The van der Waals surface area contributed by atoms with Crippen LogP contribution in [0.5, 0.6) is 0 Å². The van der Waals surface area contributed by atoms with Crippen molar-refractivity contribution in [2.45, 2.75) is 0 Å². The smallest absolute Gasteiger partial charge is 0.337 e. The van der Waals surface area contributed by atoms with E-state index in [9.17, 15) is 4.79 Å². The van der Waals surface area contributed by atoms with Crippen molar-refractivity contribution in [3.05, 3.63) is 54.1 Å². The molecule has 7 nitrogen and oxygen atoms in total. The van der Waals surface area contributed by atoms with Crippen molar-refractivity contribution in [2.75, 3.05) is 38.3 Å². The lowest BCUT2D eigenvalue weighted by atomic mass is 10.1. The van der Waals surface area contributed by atoms with Gasteiger partial charge in [0.2, 0.25) is 0 Å². The van der Waals surface area contributed by atoms with E-state index in [1.54, 1.807) is 12.1 Å². The topological polar surface area (TPSA) is 80.3 Å². The minimum atomic E-state index is -0.371. The van der Waals surface area contributed by atoms with Gasteiger partial charge in [-0.2, -0.15) is 0 Å². The van der Waals surface area contributed by atoms with Crippen molar-refractivity contribution in [1.82, 2.24) is 15.0 Å². The SMILES string of the molecule is COC(=O)c1ccc2nc(-c3cc4ccccc4nc3N3CCOCC3)[nH]c2c1. The zero-order valence-electron chi connectivity index (χ0n) is 16.0. The molecule has 0 amide bonds. The molecule has 2 aromatic carbocycles. The fraction of sp³-hybridized carbons (Fsp3) is 0.227. The fourth-order valence-electron chi connectivity index (χ4n) is 3.68. The summed E-state index contributed by atoms with van der Waals surface area (Å²) in [4.78, 5) is 27.2. The predicted molar refractivity (Wildman–Crippen MR) is 111 cm³/mol. The number of carbonyl (C=O) groups excluding carboxylic acids is 1. The number of aromatic nitrogens is 3. The van der Waals surface area contributed by atoms with Gasteiger partial charge in [0, 0.05) is 18.5 Å². The van der Waals surface area contributed by atoms with E-state index in [1.165, 1.54) is 7.11 Å². The van der Waals surface area contributed by atoms with Crippen molar-refractivity contribution in [3.63, 3.8) is 0 Å². The molecule has 1 aliphatic rings. The Labute approximate surface area is 167 Å². The molecule has 1 fully saturated rings. The van der Waals surface area contributed by atoms with Crippen LogP contribution < -0.4 is 4.90 Å². The van der Waals surface area contributed by atoms with Gasteiger partial charge in [0.1, 0.15) is 11.6 Å². The Balaban J connectivity index is 1.67. The molecule has 0 unspecified atom stereocenters. The quantitative estimate of drug-likeness (QED) is 0.542. The maximum absolute atomic E-state index is 11.9. The number of nitrogens with zero attached hydrogens (tertiary/aromatic N) is 3. The molecule has 0 radical (unpaired) electrons. The summed E-state index contributed by atoms with van der Waals surface area (Å²) in [5.41, 5.74) is 3.93. The number of carbonyl (C=O) groups is 1. The Morgan fingerprint density at radius 1 is 1.07 bits per heavy atom. The third-order valence-corrected chi connectivity index (χ3v) is 5.17. The number of anilines is 1. The largest absolute Gasteiger partial charge is 0.465 e. The Morgan fingerprint density at radius 3 is 2.72 bits per heavy atom. The highest BCUT2D eigenvalue weighted by Gasteiger charge is 2.20. The zero-order valence-corrected chi connectivity index (χ0v) is 16.0. The number of pyridine rings is 1. The van der Waals surface area contributed by atoms with E-state index >= 15 is 0 Å². The van der Waals surface area contributed by atoms with Gasteiger partial charge in [-0.3, -0.25) is 0 Å². The van der Waals surface area contributed by atoms with Crippen LogP contribution in [0.3, 0.4) is 0 Å². The second-order valence-corrected chi connectivity index (χ2v) is 6.96. The predicted octanol–water partition coefficient (Wildman–Crippen LogP) is 3.40. The highest BCUT2D eigenvalue weighted by Crippen LogP contribution is 2.32. The number of ether oxygens (including phenoxy) is 2. The average Bonchev–Trinajstić information content (AvgIpc) is 3.21. The molecule has 3 heterocycles. The average molecular weight is 388 g/mol. The first-order valence-electron chi connectivity index (χ1n) is 9.54. The number of fused-ring (bicyclic) bond motifs is 2.